The van der Waals surface area contributed by atoms with Gasteiger partial charge in [-0.05, 0) is 64.5 Å². The normalized spacial score (nSPS) is 11.9. The van der Waals surface area contributed by atoms with Gasteiger partial charge < -0.3 is 19.5 Å². The van der Waals surface area contributed by atoms with Gasteiger partial charge >= 0.3 is 5.97 Å². The van der Waals surface area contributed by atoms with E-state index in [0.717, 1.165) is 4.47 Å². The molecule has 0 unspecified atom stereocenters. The van der Waals surface area contributed by atoms with Gasteiger partial charge in [-0.1, -0.05) is 37.9 Å². The first-order valence-corrected chi connectivity index (χ1v) is 12.6. The van der Waals surface area contributed by atoms with E-state index in [1.165, 1.54) is 12.3 Å². The number of nitrogens with zero attached hydrogens (tertiary/aromatic N) is 1. The molecule has 0 fully saturated rings. The average molecular weight is 682 g/mol. The molecule has 36 heavy (non-hydrogen) atoms. The number of rotatable bonds is 7. The van der Waals surface area contributed by atoms with Crippen molar-refractivity contribution >= 4 is 71.8 Å². The zero-order chi connectivity index (χ0) is 25.7. The van der Waals surface area contributed by atoms with Crippen molar-refractivity contribution in [3.8, 4) is 17.2 Å². The van der Waals surface area contributed by atoms with Crippen molar-refractivity contribution in [3.05, 3.63) is 84.7 Å². The predicted molar refractivity (Wildman–Crippen MR) is 142 cm³/mol. The molecule has 0 radical (unpaired) electrons. The van der Waals surface area contributed by atoms with Gasteiger partial charge in [-0.15, -0.1) is 0 Å². The van der Waals surface area contributed by atoms with Gasteiger partial charge in [0.05, 0.1) is 22.8 Å². The van der Waals surface area contributed by atoms with E-state index in [1.54, 1.807) is 48.5 Å². The number of nitrogens with one attached hydrogen (secondary N) is 2. The molecule has 3 aromatic carbocycles. The van der Waals surface area contributed by atoms with Crippen molar-refractivity contribution in [1.29, 1.82) is 0 Å². The topological polar surface area (TPSA) is 115 Å². The molecule has 1 aliphatic rings. The quantitative estimate of drug-likeness (QED) is 0.160. The van der Waals surface area contributed by atoms with Crippen LogP contribution in [0.5, 0.6) is 17.2 Å². The second-order valence-corrected chi connectivity index (χ2v) is 9.94. The number of fused-ring (bicyclic) bond motifs is 1. The number of carbonyl (C=O) groups excluding carboxylic acids is 3. The summed E-state index contributed by atoms with van der Waals surface area (Å²) >= 11 is 10.1. The van der Waals surface area contributed by atoms with E-state index in [9.17, 15) is 14.4 Å². The first-order valence-electron chi connectivity index (χ1n) is 10.3. The molecule has 0 aromatic heterocycles. The molecule has 1 aliphatic heterocycles. The minimum absolute atomic E-state index is 0.0975. The van der Waals surface area contributed by atoms with Crippen LogP contribution in [0.3, 0.4) is 0 Å². The molecule has 9 nitrogen and oxygen atoms in total. The zero-order valence-corrected chi connectivity index (χ0v) is 23.0. The van der Waals surface area contributed by atoms with Crippen molar-refractivity contribution in [2.24, 2.45) is 5.10 Å². The lowest BCUT2D eigenvalue weighted by Gasteiger charge is -2.11. The SMILES string of the molecule is O=C(CNC(=O)c1ccc2c(c1)OCO2)N/N=C/c1cc(Br)cc(Br)c1OC(=O)c1cccc(Br)c1. The molecule has 3 aromatic rings. The number of hydrazone groups is 1. The lowest BCUT2D eigenvalue weighted by atomic mass is 10.2. The molecule has 2 amide bonds. The third kappa shape index (κ3) is 6.50. The smallest absolute Gasteiger partial charge is 0.343 e. The monoisotopic (exact) mass is 679 g/mol. The second-order valence-electron chi connectivity index (χ2n) is 7.25. The van der Waals surface area contributed by atoms with Crippen LogP contribution in [0.1, 0.15) is 26.3 Å². The number of hydrogen-bond acceptors (Lipinski definition) is 7. The summed E-state index contributed by atoms with van der Waals surface area (Å²) in [6.07, 6.45) is 1.33. The first kappa shape index (κ1) is 25.9. The molecule has 0 saturated carbocycles. The minimum Gasteiger partial charge on any atom is -0.454 e. The van der Waals surface area contributed by atoms with Crippen molar-refractivity contribution in [3.63, 3.8) is 0 Å². The molecule has 0 aliphatic carbocycles. The summed E-state index contributed by atoms with van der Waals surface area (Å²) < 4.78 is 18.0. The van der Waals surface area contributed by atoms with Crippen LogP contribution in [0, 0.1) is 0 Å². The fraction of sp³-hybridized carbons (Fsp3) is 0.0833. The van der Waals surface area contributed by atoms with Gasteiger partial charge in [0.15, 0.2) is 17.2 Å². The molecule has 4 rings (SSSR count). The highest BCUT2D eigenvalue weighted by atomic mass is 79.9. The summed E-state index contributed by atoms with van der Waals surface area (Å²) in [5.41, 5.74) is 3.43. The summed E-state index contributed by atoms with van der Waals surface area (Å²) in [6.45, 7) is -0.210. The molecule has 0 spiro atoms. The zero-order valence-electron chi connectivity index (χ0n) is 18.2. The first-order chi connectivity index (χ1) is 17.3. The fourth-order valence-electron chi connectivity index (χ4n) is 3.06. The van der Waals surface area contributed by atoms with E-state index in [0.29, 0.717) is 37.1 Å². The highest BCUT2D eigenvalue weighted by molar-refractivity contribution is 9.11. The van der Waals surface area contributed by atoms with Crippen LogP contribution in [0.4, 0.5) is 0 Å². The average Bonchev–Trinajstić information content (AvgIpc) is 3.32. The Morgan fingerprint density at radius 3 is 2.56 bits per heavy atom. The van der Waals surface area contributed by atoms with Crippen LogP contribution in [-0.2, 0) is 4.79 Å². The summed E-state index contributed by atoms with van der Waals surface area (Å²) in [4.78, 5) is 37.1. The highest BCUT2D eigenvalue weighted by Crippen LogP contribution is 2.33. The molecular formula is C24H16Br3N3O6. The Morgan fingerprint density at radius 2 is 1.75 bits per heavy atom. The maximum Gasteiger partial charge on any atom is 0.343 e. The van der Waals surface area contributed by atoms with Gasteiger partial charge in [0.2, 0.25) is 6.79 Å². The third-order valence-corrected chi connectivity index (χ3v) is 6.27. The van der Waals surface area contributed by atoms with Gasteiger partial charge in [-0.2, -0.15) is 5.10 Å². The van der Waals surface area contributed by atoms with Crippen LogP contribution < -0.4 is 25.0 Å². The van der Waals surface area contributed by atoms with Crippen LogP contribution in [0.2, 0.25) is 0 Å². The summed E-state index contributed by atoms with van der Waals surface area (Å²) in [7, 11) is 0. The molecular weight excluding hydrogens is 666 g/mol. The Labute approximate surface area is 230 Å². The van der Waals surface area contributed by atoms with E-state index in [-0.39, 0.29) is 19.1 Å². The largest absolute Gasteiger partial charge is 0.454 e. The number of benzene rings is 3. The minimum atomic E-state index is -0.566. The van der Waals surface area contributed by atoms with Gasteiger partial charge in [0.25, 0.3) is 11.8 Å². The Morgan fingerprint density at radius 1 is 0.944 bits per heavy atom. The number of hydrogen-bond donors (Lipinski definition) is 2. The van der Waals surface area contributed by atoms with Crippen molar-refractivity contribution in [2.45, 2.75) is 0 Å². The van der Waals surface area contributed by atoms with E-state index in [2.05, 4.69) is 63.6 Å². The predicted octanol–water partition coefficient (Wildman–Crippen LogP) is 4.80. The summed E-state index contributed by atoms with van der Waals surface area (Å²) in [6, 6.07) is 14.9. The molecule has 0 saturated heterocycles. The van der Waals surface area contributed by atoms with Crippen LogP contribution in [-0.4, -0.2) is 37.3 Å². The Hall–Kier alpha value is -3.22. The van der Waals surface area contributed by atoms with Crippen molar-refractivity contribution in [1.82, 2.24) is 10.7 Å². The fourth-order valence-corrected chi connectivity index (χ4v) is 4.80. The number of esters is 1. The molecule has 184 valence electrons. The summed E-state index contributed by atoms with van der Waals surface area (Å²) in [5, 5.41) is 6.43. The van der Waals surface area contributed by atoms with Gasteiger partial charge in [-0.3, -0.25) is 9.59 Å². The highest BCUT2D eigenvalue weighted by Gasteiger charge is 2.17. The molecule has 0 bridgehead atoms. The lowest BCUT2D eigenvalue weighted by molar-refractivity contribution is -0.120. The van der Waals surface area contributed by atoms with E-state index in [1.807, 2.05) is 0 Å². The lowest BCUT2D eigenvalue weighted by Crippen LogP contribution is -2.34. The van der Waals surface area contributed by atoms with Gasteiger partial charge in [0.1, 0.15) is 0 Å². The standard InChI is InChI=1S/C24H16Br3N3O6/c25-16-3-1-2-14(6-16)24(33)36-22-15(7-17(26)9-18(22)27)10-29-30-21(31)11-28-23(32)13-4-5-19-20(8-13)35-12-34-19/h1-10H,11-12H2,(H,28,32)(H,30,31)/b29-10+. The molecule has 1 heterocycles. The maximum absolute atomic E-state index is 12.6. The number of carbonyl (C=O) groups is 3. The Kier molecular flexibility index (Phi) is 8.39. The van der Waals surface area contributed by atoms with Crippen LogP contribution in [0.15, 0.2) is 73.1 Å². The summed E-state index contributed by atoms with van der Waals surface area (Å²) in [5.74, 6) is -0.332. The number of amides is 2. The molecule has 12 heteroatoms. The molecule has 2 N–H and O–H groups in total. The van der Waals surface area contributed by atoms with E-state index < -0.39 is 17.8 Å². The van der Waals surface area contributed by atoms with Gasteiger partial charge in [0, 0.05) is 20.1 Å². The van der Waals surface area contributed by atoms with E-state index >= 15 is 0 Å². The van der Waals surface area contributed by atoms with Crippen molar-refractivity contribution < 1.29 is 28.6 Å². The number of ether oxygens (including phenoxy) is 3. The molecule has 0 atom stereocenters. The van der Waals surface area contributed by atoms with Crippen LogP contribution >= 0.6 is 47.8 Å². The van der Waals surface area contributed by atoms with E-state index in [4.69, 9.17) is 14.2 Å². The maximum atomic E-state index is 12.6. The second kappa shape index (κ2) is 11.7. The Balaban J connectivity index is 1.37. The number of halogens is 3. The van der Waals surface area contributed by atoms with Gasteiger partial charge in [-0.25, -0.2) is 10.2 Å². The Bertz CT molecular complexity index is 1380. The third-order valence-electron chi connectivity index (χ3n) is 4.73. The van der Waals surface area contributed by atoms with Crippen molar-refractivity contribution in [2.75, 3.05) is 13.3 Å². The van der Waals surface area contributed by atoms with Crippen LogP contribution in [0.25, 0.3) is 0 Å².